The van der Waals surface area contributed by atoms with E-state index >= 15 is 0 Å². The molecule has 0 radical (unpaired) electrons. The summed E-state index contributed by atoms with van der Waals surface area (Å²) < 4.78 is 28.4. The first kappa shape index (κ1) is 15.0. The molecule has 0 atom stereocenters. The minimum atomic E-state index is -3.54. The van der Waals surface area contributed by atoms with Crippen molar-refractivity contribution in [3.63, 3.8) is 0 Å². The Morgan fingerprint density at radius 3 is 1.45 bits per heavy atom. The van der Waals surface area contributed by atoms with Crippen molar-refractivity contribution >= 4 is 84.9 Å². The van der Waals surface area contributed by atoms with Crippen LogP contribution in [0.1, 0.15) is 0 Å². The number of fused-ring (bicyclic) bond motifs is 2. The van der Waals surface area contributed by atoms with Gasteiger partial charge in [-0.1, -0.05) is 0 Å². The highest BCUT2D eigenvalue weighted by molar-refractivity contribution is 9.13. The third-order valence-corrected chi connectivity index (χ3v) is 8.42. The molecule has 2 aromatic rings. The van der Waals surface area contributed by atoms with Crippen LogP contribution >= 0.6 is 63.7 Å². The number of anilines is 2. The number of benzene rings is 2. The number of hydrogen-bond donors (Lipinski definition) is 1. The van der Waals surface area contributed by atoms with E-state index in [9.17, 15) is 8.42 Å². The number of halogens is 4. The number of nitrogens with one attached hydrogen (secondary N) is 1. The van der Waals surface area contributed by atoms with Crippen LogP contribution < -0.4 is 5.32 Å². The Kier molecular flexibility index (Phi) is 3.82. The summed E-state index contributed by atoms with van der Waals surface area (Å²) in [6, 6.07) is 6.69. The maximum atomic E-state index is 12.7. The van der Waals surface area contributed by atoms with E-state index in [0.717, 1.165) is 8.95 Å². The SMILES string of the molecule is O=S1(=O)c2cc(Br)c(Br)cc2Nc2cc(Br)c(Br)cc21. The van der Waals surface area contributed by atoms with Gasteiger partial charge in [0.2, 0.25) is 9.84 Å². The topological polar surface area (TPSA) is 46.2 Å². The molecule has 104 valence electrons. The van der Waals surface area contributed by atoms with Gasteiger partial charge in [0, 0.05) is 17.9 Å². The molecule has 0 aromatic heterocycles. The van der Waals surface area contributed by atoms with E-state index in [1.165, 1.54) is 0 Å². The fraction of sp³-hybridized carbons (Fsp3) is 0. The van der Waals surface area contributed by atoms with Gasteiger partial charge in [-0.3, -0.25) is 0 Å². The molecule has 0 aliphatic carbocycles. The van der Waals surface area contributed by atoms with Gasteiger partial charge in [0.25, 0.3) is 0 Å². The summed E-state index contributed by atoms with van der Waals surface area (Å²) in [5.74, 6) is 0. The summed E-state index contributed by atoms with van der Waals surface area (Å²) in [7, 11) is -3.54. The van der Waals surface area contributed by atoms with Gasteiger partial charge in [0.05, 0.1) is 21.2 Å². The van der Waals surface area contributed by atoms with Crippen molar-refractivity contribution in [2.24, 2.45) is 0 Å². The van der Waals surface area contributed by atoms with Gasteiger partial charge >= 0.3 is 0 Å². The summed E-state index contributed by atoms with van der Waals surface area (Å²) in [5, 5.41) is 3.15. The van der Waals surface area contributed by atoms with Gasteiger partial charge in [-0.25, -0.2) is 8.42 Å². The molecule has 0 saturated heterocycles. The minimum absolute atomic E-state index is 0.259. The molecule has 1 N–H and O–H groups in total. The lowest BCUT2D eigenvalue weighted by Crippen LogP contribution is -2.14. The molecular formula is C12H5Br4NO2S. The zero-order chi connectivity index (χ0) is 14.7. The van der Waals surface area contributed by atoms with Crippen LogP contribution in [0.25, 0.3) is 0 Å². The van der Waals surface area contributed by atoms with Crippen molar-refractivity contribution in [1.29, 1.82) is 0 Å². The third kappa shape index (κ3) is 2.29. The predicted molar refractivity (Wildman–Crippen MR) is 92.4 cm³/mol. The maximum absolute atomic E-state index is 12.7. The van der Waals surface area contributed by atoms with Crippen molar-refractivity contribution in [2.75, 3.05) is 5.32 Å². The van der Waals surface area contributed by atoms with E-state index in [-0.39, 0.29) is 9.79 Å². The van der Waals surface area contributed by atoms with Crippen molar-refractivity contribution in [3.05, 3.63) is 42.2 Å². The Labute approximate surface area is 149 Å². The normalized spacial score (nSPS) is 15.2. The molecule has 0 bridgehead atoms. The predicted octanol–water partition coefficient (Wildman–Crippen LogP) is 5.63. The first-order valence-corrected chi connectivity index (χ1v) is 9.96. The highest BCUT2D eigenvalue weighted by Gasteiger charge is 2.31. The lowest BCUT2D eigenvalue weighted by atomic mass is 10.2. The fourth-order valence-electron chi connectivity index (χ4n) is 1.96. The molecule has 0 fully saturated rings. The van der Waals surface area contributed by atoms with E-state index in [0.29, 0.717) is 20.3 Å². The Balaban J connectivity index is 2.35. The largest absolute Gasteiger partial charge is 0.353 e. The maximum Gasteiger partial charge on any atom is 0.210 e. The fourth-order valence-corrected chi connectivity index (χ4v) is 5.22. The minimum Gasteiger partial charge on any atom is -0.353 e. The van der Waals surface area contributed by atoms with Crippen LogP contribution in [0.2, 0.25) is 0 Å². The summed E-state index contributed by atoms with van der Waals surface area (Å²) in [4.78, 5) is 0.517. The zero-order valence-electron chi connectivity index (χ0n) is 9.55. The quantitative estimate of drug-likeness (QED) is 0.398. The molecule has 0 amide bonds. The first-order valence-electron chi connectivity index (χ1n) is 5.31. The van der Waals surface area contributed by atoms with E-state index < -0.39 is 9.84 Å². The molecule has 1 aliphatic heterocycles. The van der Waals surface area contributed by atoms with Gasteiger partial charge < -0.3 is 5.32 Å². The highest BCUT2D eigenvalue weighted by atomic mass is 79.9. The molecule has 1 aliphatic rings. The number of hydrogen-bond acceptors (Lipinski definition) is 3. The van der Waals surface area contributed by atoms with Crippen LogP contribution in [-0.2, 0) is 9.84 Å². The third-order valence-electron chi connectivity index (χ3n) is 2.89. The van der Waals surface area contributed by atoms with E-state index in [1.807, 2.05) is 0 Å². The van der Waals surface area contributed by atoms with Gasteiger partial charge in [0.15, 0.2) is 0 Å². The summed E-state index contributed by atoms with van der Waals surface area (Å²) >= 11 is 13.4. The van der Waals surface area contributed by atoms with Crippen molar-refractivity contribution in [3.8, 4) is 0 Å². The Bertz CT molecular complexity index is 786. The lowest BCUT2D eigenvalue weighted by molar-refractivity contribution is 0.595. The summed E-state index contributed by atoms with van der Waals surface area (Å²) in [5.41, 5.74) is 1.11. The van der Waals surface area contributed by atoms with Crippen LogP contribution in [0, 0.1) is 0 Å². The molecule has 3 nitrogen and oxygen atoms in total. The lowest BCUT2D eigenvalue weighted by Gasteiger charge is -2.22. The van der Waals surface area contributed by atoms with Gasteiger partial charge in [-0.05, 0) is 88.0 Å². The molecule has 0 unspecified atom stereocenters. The first-order chi connectivity index (χ1) is 9.30. The Hall–Kier alpha value is 0.110. The second-order valence-electron chi connectivity index (χ2n) is 4.15. The van der Waals surface area contributed by atoms with Crippen LogP contribution in [0.15, 0.2) is 51.9 Å². The zero-order valence-corrected chi connectivity index (χ0v) is 16.7. The van der Waals surface area contributed by atoms with Crippen molar-refractivity contribution < 1.29 is 8.42 Å². The van der Waals surface area contributed by atoms with Crippen LogP contribution in [0.5, 0.6) is 0 Å². The van der Waals surface area contributed by atoms with E-state index in [4.69, 9.17) is 0 Å². The van der Waals surface area contributed by atoms with Crippen molar-refractivity contribution in [1.82, 2.24) is 0 Å². The molecule has 3 rings (SSSR count). The highest BCUT2D eigenvalue weighted by Crippen LogP contribution is 2.45. The Morgan fingerprint density at radius 1 is 0.700 bits per heavy atom. The van der Waals surface area contributed by atoms with Crippen LogP contribution in [0.4, 0.5) is 11.4 Å². The number of sulfone groups is 1. The van der Waals surface area contributed by atoms with E-state index in [1.54, 1.807) is 24.3 Å². The average molecular weight is 547 g/mol. The van der Waals surface area contributed by atoms with Gasteiger partial charge in [0.1, 0.15) is 0 Å². The monoisotopic (exact) mass is 543 g/mol. The molecular weight excluding hydrogens is 542 g/mol. The molecule has 2 aromatic carbocycles. The molecule has 20 heavy (non-hydrogen) atoms. The molecule has 0 spiro atoms. The summed E-state index contributed by atoms with van der Waals surface area (Å²) in [6.45, 7) is 0. The Morgan fingerprint density at radius 2 is 1.05 bits per heavy atom. The van der Waals surface area contributed by atoms with Crippen LogP contribution in [-0.4, -0.2) is 8.42 Å². The molecule has 8 heteroatoms. The molecule has 1 heterocycles. The van der Waals surface area contributed by atoms with Gasteiger partial charge in [-0.2, -0.15) is 0 Å². The second-order valence-corrected chi connectivity index (χ2v) is 9.46. The van der Waals surface area contributed by atoms with Crippen LogP contribution in [0.3, 0.4) is 0 Å². The van der Waals surface area contributed by atoms with Crippen molar-refractivity contribution in [2.45, 2.75) is 9.79 Å². The summed E-state index contributed by atoms with van der Waals surface area (Å²) in [6.07, 6.45) is 0. The second kappa shape index (κ2) is 5.08. The average Bonchev–Trinajstić information content (AvgIpc) is 2.35. The standard InChI is InChI=1S/C12H5Br4NO2S/c13-5-1-9-11(3-7(5)15)20(18,19)12-4-8(16)6(14)2-10(12)17-9/h1-4,17H. The smallest absolute Gasteiger partial charge is 0.210 e. The molecule has 0 saturated carbocycles. The number of rotatable bonds is 0. The van der Waals surface area contributed by atoms with E-state index in [2.05, 4.69) is 69.0 Å². The van der Waals surface area contributed by atoms with Gasteiger partial charge in [-0.15, -0.1) is 0 Å².